The molecule has 0 aliphatic rings. The number of nitrogens with zero attached hydrogens (tertiary/aromatic N) is 7. The topological polar surface area (TPSA) is 114 Å². The average molecular weight is 968 g/mol. The zero-order valence-corrected chi connectivity index (χ0v) is 44.1. The molecule has 0 amide bonds. The van der Waals surface area contributed by atoms with Crippen molar-refractivity contribution in [2.75, 3.05) is 0 Å². The lowest BCUT2D eigenvalue weighted by molar-refractivity contribution is -0.582. The molecule has 2 aromatic heterocycles. The van der Waals surface area contributed by atoms with Crippen LogP contribution in [0.3, 0.4) is 0 Å². The maximum atomic E-state index is 10.7. The first-order chi connectivity index (χ1) is 32.2. The Bertz CT molecular complexity index is 2600. The molecular formula is C55H72F3N7O3S. The fraction of sp³-hybridized carbons (Fsp3) is 0.455. The molecule has 0 spiro atoms. The van der Waals surface area contributed by atoms with Crippen LogP contribution in [0.1, 0.15) is 203 Å². The van der Waals surface area contributed by atoms with Crippen LogP contribution in [0.2, 0.25) is 0 Å². The summed E-state index contributed by atoms with van der Waals surface area (Å²) in [6, 6.07) is 26.9. The standard InChI is InChI=1S/C54H72N7.CHF3O3S/c1-33(2)41-21-17-22-42(34(3)4)49(41)58-29-30-59(50-43(35(5)6)23-18-24-44(50)36(7)8)53(58)55-57-56-54-60(51-45(37(9)10)25-19-26-46(51)38(11)12)31-32-61(54)52-47(39(13)14)27-20-28-48(52)40(15)16;2-1(3,4)8(5,6)7/h17-40H,1-16H3;(H,5,6,7)/q+1;/p-1. The molecular weight excluding hydrogens is 896 g/mol. The van der Waals surface area contributed by atoms with Crippen molar-refractivity contribution in [1.82, 2.24) is 9.13 Å². The molecule has 0 bridgehead atoms. The third-order valence-corrected chi connectivity index (χ3v) is 13.0. The minimum Gasteiger partial charge on any atom is -0.741 e. The molecule has 0 N–H and O–H groups in total. The molecule has 2 heterocycles. The van der Waals surface area contributed by atoms with Crippen LogP contribution in [0, 0.1) is 0 Å². The third kappa shape index (κ3) is 11.7. The summed E-state index contributed by atoms with van der Waals surface area (Å²) in [7, 11) is -6.09. The van der Waals surface area contributed by atoms with Crippen LogP contribution in [0.25, 0.3) is 28.2 Å². The van der Waals surface area contributed by atoms with Gasteiger partial charge in [0, 0.05) is 12.4 Å². The van der Waals surface area contributed by atoms with Crippen LogP contribution in [0.15, 0.2) is 108 Å². The highest BCUT2D eigenvalue weighted by atomic mass is 32.2. The van der Waals surface area contributed by atoms with Crippen LogP contribution in [-0.2, 0) is 10.1 Å². The second kappa shape index (κ2) is 22.0. The van der Waals surface area contributed by atoms with E-state index >= 15 is 0 Å². The van der Waals surface area contributed by atoms with Gasteiger partial charge in [0.2, 0.25) is 5.95 Å². The average Bonchev–Trinajstić information content (AvgIpc) is 3.88. The number of halogens is 3. The van der Waals surface area contributed by atoms with Crippen LogP contribution in [-0.4, -0.2) is 27.6 Å². The summed E-state index contributed by atoms with van der Waals surface area (Å²) in [6.45, 7) is 36.4. The van der Waals surface area contributed by atoms with E-state index in [1.165, 1.54) is 44.5 Å². The number of aromatic nitrogens is 4. The van der Waals surface area contributed by atoms with Gasteiger partial charge in [-0.15, -0.1) is 0 Å². The van der Waals surface area contributed by atoms with Crippen molar-refractivity contribution in [3.8, 4) is 22.7 Å². The van der Waals surface area contributed by atoms with Gasteiger partial charge in [-0.2, -0.15) is 13.2 Å². The van der Waals surface area contributed by atoms with Crippen molar-refractivity contribution in [2.24, 2.45) is 10.3 Å². The molecule has 6 rings (SSSR count). The zero-order valence-electron chi connectivity index (χ0n) is 43.3. The van der Waals surface area contributed by atoms with Gasteiger partial charge in [-0.3, -0.25) is 9.13 Å². The molecule has 10 nitrogen and oxygen atoms in total. The first-order valence-electron chi connectivity index (χ1n) is 24.1. The lowest BCUT2D eigenvalue weighted by Crippen LogP contribution is -2.33. The fourth-order valence-electron chi connectivity index (χ4n) is 8.92. The largest absolute Gasteiger partial charge is 0.741 e. The molecule has 372 valence electrons. The Hall–Kier alpha value is -5.60. The first-order valence-corrected chi connectivity index (χ1v) is 25.5. The van der Waals surface area contributed by atoms with Gasteiger partial charge in [-0.05, 0) is 97.1 Å². The summed E-state index contributed by atoms with van der Waals surface area (Å²) in [5.41, 5.74) is 14.4. The highest BCUT2D eigenvalue weighted by Gasteiger charge is 2.37. The molecule has 0 aliphatic carbocycles. The van der Waals surface area contributed by atoms with Crippen LogP contribution in [0.5, 0.6) is 0 Å². The van der Waals surface area contributed by atoms with Gasteiger partial charge in [0.15, 0.2) is 10.1 Å². The van der Waals surface area contributed by atoms with E-state index < -0.39 is 15.6 Å². The van der Waals surface area contributed by atoms with Crippen molar-refractivity contribution >= 4 is 22.0 Å². The number of hydrogen-bond acceptors (Lipinski definition) is 5. The second-order valence-electron chi connectivity index (χ2n) is 20.2. The molecule has 69 heavy (non-hydrogen) atoms. The van der Waals surface area contributed by atoms with E-state index in [4.69, 9.17) is 28.7 Å². The Morgan fingerprint density at radius 2 is 0.768 bits per heavy atom. The van der Waals surface area contributed by atoms with Gasteiger partial charge in [-0.1, -0.05) is 194 Å². The smallest absolute Gasteiger partial charge is 0.485 e. The number of rotatable bonds is 15. The monoisotopic (exact) mass is 968 g/mol. The maximum Gasteiger partial charge on any atom is 0.485 e. The van der Waals surface area contributed by atoms with Crippen molar-refractivity contribution < 1.29 is 35.3 Å². The molecule has 0 saturated carbocycles. The molecule has 6 aromatic rings. The summed E-state index contributed by atoms with van der Waals surface area (Å²) in [5, 5.41) is 10.2. The minimum absolute atomic E-state index is 0.294. The molecule has 0 radical (unpaired) electrons. The van der Waals surface area contributed by atoms with Gasteiger partial charge in [0.05, 0.1) is 11.4 Å². The lowest BCUT2D eigenvalue weighted by atomic mass is 9.92. The molecule has 0 saturated heterocycles. The predicted octanol–water partition coefficient (Wildman–Crippen LogP) is 15.6. The van der Waals surface area contributed by atoms with E-state index in [1.807, 2.05) is 0 Å². The Morgan fingerprint density at radius 3 is 1.09 bits per heavy atom. The summed E-state index contributed by atoms with van der Waals surface area (Å²) in [6.07, 6.45) is 8.69. The second-order valence-corrected chi connectivity index (χ2v) is 21.6. The summed E-state index contributed by atoms with van der Waals surface area (Å²) in [4.78, 5) is 0. The van der Waals surface area contributed by atoms with Gasteiger partial charge in [0.25, 0.3) is 0 Å². The normalized spacial score (nSPS) is 12.6. The van der Waals surface area contributed by atoms with Crippen LogP contribution >= 0.6 is 0 Å². The summed E-state index contributed by atoms with van der Waals surface area (Å²) < 4.78 is 67.9. The molecule has 0 unspecified atom stereocenters. The predicted molar refractivity (Wildman–Crippen MR) is 271 cm³/mol. The Morgan fingerprint density at radius 1 is 0.493 bits per heavy atom. The highest BCUT2D eigenvalue weighted by molar-refractivity contribution is 7.86. The van der Waals surface area contributed by atoms with Crippen molar-refractivity contribution in [3.63, 3.8) is 0 Å². The van der Waals surface area contributed by atoms with Gasteiger partial charge >= 0.3 is 11.5 Å². The van der Waals surface area contributed by atoms with Gasteiger partial charge in [0.1, 0.15) is 23.8 Å². The van der Waals surface area contributed by atoms with Crippen LogP contribution < -0.4 is 9.13 Å². The molecule has 0 aliphatic heterocycles. The van der Waals surface area contributed by atoms with Crippen LogP contribution in [0.4, 0.5) is 25.1 Å². The van der Waals surface area contributed by atoms with E-state index in [9.17, 15) is 13.2 Å². The lowest BCUT2D eigenvalue weighted by Gasteiger charge is -2.24. The minimum atomic E-state index is -6.09. The Labute approximate surface area is 409 Å². The Kier molecular flexibility index (Phi) is 17.3. The van der Waals surface area contributed by atoms with E-state index in [1.54, 1.807) is 0 Å². The molecule has 0 atom stereocenters. The molecule has 4 aromatic carbocycles. The number of hydrogen-bond donors (Lipinski definition) is 0. The molecule has 0 fully saturated rings. The SMILES string of the molecule is CC(C)c1cccc(C(C)C)c1-n1cc[n+](-c2c(C(C)C)cccc2C(C)C)c1/N=N/[N-]c1n(-c2c(C(C)C)cccc2C(C)C)cc[n+]1-c1c(C(C)C)cccc1C(C)C.O=S(=O)([O-])C(F)(F)F. The van der Waals surface area contributed by atoms with E-state index in [-0.39, 0.29) is 0 Å². The van der Waals surface area contributed by atoms with Crippen molar-refractivity contribution in [2.45, 2.75) is 164 Å². The molecule has 14 heteroatoms. The number of imidazole rings is 2. The fourth-order valence-corrected chi connectivity index (χ4v) is 8.92. The van der Waals surface area contributed by atoms with E-state index in [0.717, 1.165) is 22.7 Å². The van der Waals surface area contributed by atoms with E-state index in [2.05, 4.69) is 227 Å². The Balaban J connectivity index is 0.00000102. The van der Waals surface area contributed by atoms with Gasteiger partial charge < -0.3 is 4.55 Å². The summed E-state index contributed by atoms with van der Waals surface area (Å²) >= 11 is 0. The number of para-hydroxylation sites is 4. The number of alkyl halides is 3. The van der Waals surface area contributed by atoms with E-state index in [0.29, 0.717) is 59.2 Å². The zero-order chi connectivity index (χ0) is 51.4. The summed E-state index contributed by atoms with van der Waals surface area (Å²) in [5.74, 6) is 3.76. The quantitative estimate of drug-likeness (QED) is 0.0336. The van der Waals surface area contributed by atoms with Crippen molar-refractivity contribution in [1.29, 1.82) is 0 Å². The maximum absolute atomic E-state index is 10.7. The third-order valence-electron chi connectivity index (χ3n) is 12.5. The highest BCUT2D eigenvalue weighted by Crippen LogP contribution is 2.39. The number of benzene rings is 4. The first kappa shape index (κ1) is 54.3. The van der Waals surface area contributed by atoms with Gasteiger partial charge in [-0.25, -0.2) is 17.6 Å². The van der Waals surface area contributed by atoms with Crippen molar-refractivity contribution in [3.05, 3.63) is 148 Å².